The molecule has 0 spiro atoms. The first kappa shape index (κ1) is 14.0. The van der Waals surface area contributed by atoms with E-state index in [4.69, 9.17) is 25.8 Å². The maximum absolute atomic E-state index is 13.7. The van der Waals surface area contributed by atoms with Gasteiger partial charge in [0.15, 0.2) is 11.5 Å². The summed E-state index contributed by atoms with van der Waals surface area (Å²) >= 11 is 5.95. The summed E-state index contributed by atoms with van der Waals surface area (Å²) in [6.45, 7) is -0.141. The van der Waals surface area contributed by atoms with Gasteiger partial charge in [-0.25, -0.2) is 4.39 Å². The number of ether oxygens (including phenoxy) is 3. The Morgan fingerprint density at radius 2 is 2.00 bits per heavy atom. The lowest BCUT2D eigenvalue weighted by Gasteiger charge is -2.12. The Kier molecular flexibility index (Phi) is 3.86. The molecule has 1 aliphatic rings. The van der Waals surface area contributed by atoms with Gasteiger partial charge in [-0.3, -0.25) is 0 Å². The van der Waals surface area contributed by atoms with Crippen molar-refractivity contribution in [1.29, 1.82) is 0 Å². The lowest BCUT2D eigenvalue weighted by atomic mass is 10.2. The predicted molar refractivity (Wildman–Crippen MR) is 74.2 cm³/mol. The molecular formula is C15H12ClFO4. The van der Waals surface area contributed by atoms with E-state index in [-0.39, 0.29) is 25.6 Å². The Hall–Kier alpha value is -1.98. The van der Waals surface area contributed by atoms with Crippen LogP contribution in [0.4, 0.5) is 4.39 Å². The minimum absolute atomic E-state index is 0.0435. The molecule has 1 heterocycles. The fourth-order valence-corrected chi connectivity index (χ4v) is 2.26. The predicted octanol–water partition coefficient (Wildman–Crippen LogP) is 3.28. The maximum Gasteiger partial charge on any atom is 0.231 e. The lowest BCUT2D eigenvalue weighted by molar-refractivity contribution is 0.173. The van der Waals surface area contributed by atoms with Crippen molar-refractivity contribution in [3.63, 3.8) is 0 Å². The van der Waals surface area contributed by atoms with Gasteiger partial charge < -0.3 is 19.3 Å². The lowest BCUT2D eigenvalue weighted by Crippen LogP contribution is -2.02. The van der Waals surface area contributed by atoms with Crippen LogP contribution in [0.3, 0.4) is 0 Å². The van der Waals surface area contributed by atoms with Crippen LogP contribution in [0.5, 0.6) is 17.2 Å². The second-order valence-electron chi connectivity index (χ2n) is 4.46. The van der Waals surface area contributed by atoms with Gasteiger partial charge in [0.1, 0.15) is 18.2 Å². The summed E-state index contributed by atoms with van der Waals surface area (Å²) in [4.78, 5) is 0. The summed E-state index contributed by atoms with van der Waals surface area (Å²) in [5.74, 6) is 1.05. The molecule has 0 saturated carbocycles. The zero-order valence-electron chi connectivity index (χ0n) is 10.9. The number of halogens is 2. The molecule has 0 bridgehead atoms. The Labute approximate surface area is 125 Å². The molecule has 2 aromatic rings. The van der Waals surface area contributed by atoms with Crippen LogP contribution in [0, 0.1) is 5.82 Å². The number of rotatable bonds is 4. The van der Waals surface area contributed by atoms with Gasteiger partial charge in [-0.2, -0.15) is 0 Å². The molecule has 0 atom stereocenters. The highest BCUT2D eigenvalue weighted by Gasteiger charge is 2.18. The highest BCUT2D eigenvalue weighted by atomic mass is 35.5. The Morgan fingerprint density at radius 3 is 2.71 bits per heavy atom. The summed E-state index contributed by atoms with van der Waals surface area (Å²) in [5.41, 5.74) is 0.799. The Balaban J connectivity index is 1.85. The molecule has 2 aromatic carbocycles. The summed E-state index contributed by atoms with van der Waals surface area (Å²) in [7, 11) is 0. The van der Waals surface area contributed by atoms with Crippen molar-refractivity contribution >= 4 is 11.6 Å². The highest BCUT2D eigenvalue weighted by Crippen LogP contribution is 2.38. The minimum atomic E-state index is -0.436. The van der Waals surface area contributed by atoms with Gasteiger partial charge in [-0.1, -0.05) is 17.7 Å². The van der Waals surface area contributed by atoms with Crippen LogP contribution >= 0.6 is 11.6 Å². The van der Waals surface area contributed by atoms with Crippen LogP contribution in [-0.4, -0.2) is 11.9 Å². The van der Waals surface area contributed by atoms with E-state index >= 15 is 0 Å². The van der Waals surface area contributed by atoms with Gasteiger partial charge in [-0.15, -0.1) is 0 Å². The van der Waals surface area contributed by atoms with E-state index in [2.05, 4.69) is 0 Å². The minimum Gasteiger partial charge on any atom is -0.488 e. The number of hydrogen-bond acceptors (Lipinski definition) is 4. The van der Waals surface area contributed by atoms with Gasteiger partial charge in [-0.05, 0) is 18.2 Å². The van der Waals surface area contributed by atoms with E-state index in [9.17, 15) is 9.50 Å². The molecule has 110 valence electrons. The average molecular weight is 311 g/mol. The molecule has 4 nitrogen and oxygen atoms in total. The second kappa shape index (κ2) is 5.79. The molecule has 0 amide bonds. The van der Waals surface area contributed by atoms with E-state index in [1.807, 2.05) is 0 Å². The monoisotopic (exact) mass is 310 g/mol. The van der Waals surface area contributed by atoms with Gasteiger partial charge in [0, 0.05) is 17.2 Å². The second-order valence-corrected chi connectivity index (χ2v) is 4.87. The third-order valence-electron chi connectivity index (χ3n) is 3.16. The van der Waals surface area contributed by atoms with E-state index in [0.29, 0.717) is 27.8 Å². The van der Waals surface area contributed by atoms with Crippen LogP contribution in [0.2, 0.25) is 5.02 Å². The third kappa shape index (κ3) is 2.75. The molecule has 3 rings (SSSR count). The molecular weight excluding hydrogens is 299 g/mol. The van der Waals surface area contributed by atoms with Crippen molar-refractivity contribution in [2.45, 2.75) is 13.2 Å². The largest absolute Gasteiger partial charge is 0.488 e. The first-order chi connectivity index (χ1) is 10.2. The number of aliphatic hydroxyl groups excluding tert-OH is 1. The van der Waals surface area contributed by atoms with Crippen molar-refractivity contribution in [2.75, 3.05) is 6.79 Å². The first-order valence-corrected chi connectivity index (χ1v) is 6.66. The average Bonchev–Trinajstić information content (AvgIpc) is 2.93. The molecule has 1 aliphatic heterocycles. The smallest absolute Gasteiger partial charge is 0.231 e. The van der Waals surface area contributed by atoms with E-state index in [1.165, 1.54) is 12.1 Å². The van der Waals surface area contributed by atoms with Crippen molar-refractivity contribution in [3.05, 3.63) is 52.3 Å². The van der Waals surface area contributed by atoms with Gasteiger partial charge >= 0.3 is 0 Å². The quantitative estimate of drug-likeness (QED) is 0.941. The van der Waals surface area contributed by atoms with Crippen LogP contribution in [0.1, 0.15) is 11.1 Å². The molecule has 6 heteroatoms. The fraction of sp³-hybridized carbons (Fsp3) is 0.200. The van der Waals surface area contributed by atoms with Crippen LogP contribution in [0.15, 0.2) is 30.3 Å². The molecule has 21 heavy (non-hydrogen) atoms. The van der Waals surface area contributed by atoms with E-state index < -0.39 is 5.82 Å². The summed E-state index contributed by atoms with van der Waals surface area (Å²) in [6.07, 6.45) is 0. The molecule has 0 radical (unpaired) electrons. The molecule has 0 saturated heterocycles. The molecule has 1 N–H and O–H groups in total. The third-order valence-corrected chi connectivity index (χ3v) is 3.51. The SMILES string of the molecule is OCc1cc2c(cc1OCc1c(F)cccc1Cl)OCO2. The van der Waals surface area contributed by atoms with E-state index in [1.54, 1.807) is 18.2 Å². The van der Waals surface area contributed by atoms with Crippen LogP contribution < -0.4 is 14.2 Å². The van der Waals surface area contributed by atoms with Gasteiger partial charge in [0.2, 0.25) is 6.79 Å². The highest BCUT2D eigenvalue weighted by molar-refractivity contribution is 6.31. The van der Waals surface area contributed by atoms with Crippen LogP contribution in [-0.2, 0) is 13.2 Å². The van der Waals surface area contributed by atoms with Crippen molar-refractivity contribution < 1.29 is 23.7 Å². The van der Waals surface area contributed by atoms with Gasteiger partial charge in [0.05, 0.1) is 11.6 Å². The summed E-state index contributed by atoms with van der Waals surface area (Å²) in [6, 6.07) is 7.69. The standard InChI is InChI=1S/C15H12ClFO4/c16-11-2-1-3-12(17)10(11)7-19-13-5-15-14(20-8-21-15)4-9(13)6-18/h1-5,18H,6-8H2. The summed E-state index contributed by atoms with van der Waals surface area (Å²) < 4.78 is 29.8. The Bertz CT molecular complexity index is 655. The normalized spacial score (nSPS) is 12.5. The Morgan fingerprint density at radius 1 is 1.24 bits per heavy atom. The maximum atomic E-state index is 13.7. The zero-order valence-corrected chi connectivity index (χ0v) is 11.7. The molecule has 0 unspecified atom stereocenters. The number of benzene rings is 2. The van der Waals surface area contributed by atoms with Crippen molar-refractivity contribution in [2.24, 2.45) is 0 Å². The van der Waals surface area contributed by atoms with Crippen molar-refractivity contribution in [3.8, 4) is 17.2 Å². The molecule has 0 fully saturated rings. The molecule has 0 aliphatic carbocycles. The summed E-state index contributed by atoms with van der Waals surface area (Å²) in [5, 5.41) is 9.67. The molecule has 0 aromatic heterocycles. The number of fused-ring (bicyclic) bond motifs is 1. The number of aliphatic hydroxyl groups is 1. The van der Waals surface area contributed by atoms with Gasteiger partial charge in [0.25, 0.3) is 0 Å². The number of hydrogen-bond donors (Lipinski definition) is 1. The van der Waals surface area contributed by atoms with Crippen LogP contribution in [0.25, 0.3) is 0 Å². The van der Waals surface area contributed by atoms with Crippen molar-refractivity contribution in [1.82, 2.24) is 0 Å². The zero-order chi connectivity index (χ0) is 14.8. The first-order valence-electron chi connectivity index (χ1n) is 6.28. The fourth-order valence-electron chi connectivity index (χ4n) is 2.04. The van der Waals surface area contributed by atoms with E-state index in [0.717, 1.165) is 0 Å². The topological polar surface area (TPSA) is 47.9 Å².